The third-order valence-electron chi connectivity index (χ3n) is 5.45. The summed E-state index contributed by atoms with van der Waals surface area (Å²) < 4.78 is 14.7. The fraction of sp³-hybridized carbons (Fsp3) is 0.318. The number of H-pyrrole nitrogens is 1. The van der Waals surface area contributed by atoms with Gasteiger partial charge >= 0.3 is 5.69 Å². The standard InChI is InChI=1S/C22H23FN4O2/c23-19-8-6-17(7-9-19)15-27-21(24-25-22(27)29)18-10-12-26(13-11-18)20(28)14-16-4-2-1-3-5-16/h1-9,18H,10-15H2,(H,25,29). The highest BCUT2D eigenvalue weighted by atomic mass is 19.1. The van der Waals surface area contributed by atoms with Gasteiger partial charge in [-0.05, 0) is 36.1 Å². The highest BCUT2D eigenvalue weighted by molar-refractivity contribution is 5.78. The molecule has 0 unspecified atom stereocenters. The summed E-state index contributed by atoms with van der Waals surface area (Å²) in [4.78, 5) is 26.7. The predicted molar refractivity (Wildman–Crippen MR) is 107 cm³/mol. The Kier molecular flexibility index (Phi) is 5.55. The molecule has 4 rings (SSSR count). The molecule has 1 N–H and O–H groups in total. The smallest absolute Gasteiger partial charge is 0.342 e. The van der Waals surface area contributed by atoms with Gasteiger partial charge in [0.05, 0.1) is 13.0 Å². The quantitative estimate of drug-likeness (QED) is 0.723. The second-order valence-electron chi connectivity index (χ2n) is 7.42. The van der Waals surface area contributed by atoms with Gasteiger partial charge in [0.15, 0.2) is 0 Å². The van der Waals surface area contributed by atoms with Crippen molar-refractivity contribution >= 4 is 5.91 Å². The molecule has 2 heterocycles. The van der Waals surface area contributed by atoms with Crippen LogP contribution in [0.15, 0.2) is 59.4 Å². The molecule has 0 saturated carbocycles. The second kappa shape index (κ2) is 8.43. The topological polar surface area (TPSA) is 71.0 Å². The number of aromatic amines is 1. The zero-order valence-electron chi connectivity index (χ0n) is 16.1. The van der Waals surface area contributed by atoms with Gasteiger partial charge in [0.1, 0.15) is 11.6 Å². The summed E-state index contributed by atoms with van der Waals surface area (Å²) in [6.07, 6.45) is 1.92. The van der Waals surface area contributed by atoms with Crippen LogP contribution in [0.5, 0.6) is 0 Å². The highest BCUT2D eigenvalue weighted by Crippen LogP contribution is 2.26. The van der Waals surface area contributed by atoms with Crippen LogP contribution in [0.4, 0.5) is 4.39 Å². The number of hydrogen-bond donors (Lipinski definition) is 1. The van der Waals surface area contributed by atoms with Crippen LogP contribution in [-0.4, -0.2) is 38.7 Å². The first-order valence-corrected chi connectivity index (χ1v) is 9.81. The Morgan fingerprint density at radius 3 is 2.41 bits per heavy atom. The molecule has 3 aromatic rings. The average molecular weight is 394 g/mol. The average Bonchev–Trinajstić information content (AvgIpc) is 3.11. The Morgan fingerprint density at radius 2 is 1.72 bits per heavy atom. The summed E-state index contributed by atoms with van der Waals surface area (Å²) in [6.45, 7) is 1.64. The van der Waals surface area contributed by atoms with Crippen molar-refractivity contribution < 1.29 is 9.18 Å². The molecule has 1 fully saturated rings. The van der Waals surface area contributed by atoms with Crippen LogP contribution < -0.4 is 5.69 Å². The first kappa shape index (κ1) is 19.1. The van der Waals surface area contributed by atoms with Crippen LogP contribution in [0.1, 0.15) is 35.7 Å². The number of hydrogen-bond acceptors (Lipinski definition) is 3. The van der Waals surface area contributed by atoms with E-state index in [1.807, 2.05) is 35.2 Å². The highest BCUT2D eigenvalue weighted by Gasteiger charge is 2.27. The summed E-state index contributed by atoms with van der Waals surface area (Å²) in [5.74, 6) is 0.631. The zero-order valence-corrected chi connectivity index (χ0v) is 16.1. The van der Waals surface area contributed by atoms with Crippen LogP contribution in [0, 0.1) is 5.82 Å². The van der Waals surface area contributed by atoms with E-state index >= 15 is 0 Å². The molecule has 1 aliphatic heterocycles. The van der Waals surface area contributed by atoms with Gasteiger partial charge < -0.3 is 4.90 Å². The van der Waals surface area contributed by atoms with Crippen LogP contribution in [0.3, 0.4) is 0 Å². The molecule has 0 aliphatic carbocycles. The van der Waals surface area contributed by atoms with Crippen LogP contribution >= 0.6 is 0 Å². The lowest BCUT2D eigenvalue weighted by atomic mass is 9.95. The van der Waals surface area contributed by atoms with Gasteiger partial charge in [0.25, 0.3) is 0 Å². The van der Waals surface area contributed by atoms with E-state index in [-0.39, 0.29) is 23.3 Å². The molecule has 1 amide bonds. The summed E-state index contributed by atoms with van der Waals surface area (Å²) >= 11 is 0. The molecule has 0 bridgehead atoms. The van der Waals surface area contributed by atoms with Gasteiger partial charge in [-0.2, -0.15) is 5.10 Å². The predicted octanol–water partition coefficient (Wildman–Crippen LogP) is 2.71. The fourth-order valence-corrected chi connectivity index (χ4v) is 3.84. The Labute approximate surface area is 168 Å². The van der Waals surface area contributed by atoms with Crippen LogP contribution in [0.2, 0.25) is 0 Å². The third kappa shape index (κ3) is 4.45. The SMILES string of the molecule is O=C(Cc1ccccc1)N1CCC(c2n[nH]c(=O)n2Cc2ccc(F)cc2)CC1. The minimum atomic E-state index is -0.305. The minimum absolute atomic E-state index is 0.107. The molecule has 150 valence electrons. The Morgan fingerprint density at radius 1 is 1.03 bits per heavy atom. The molecule has 29 heavy (non-hydrogen) atoms. The lowest BCUT2D eigenvalue weighted by Crippen LogP contribution is -2.39. The summed E-state index contributed by atoms with van der Waals surface area (Å²) in [7, 11) is 0. The maximum absolute atomic E-state index is 13.1. The van der Waals surface area contributed by atoms with E-state index in [0.717, 1.165) is 24.0 Å². The van der Waals surface area contributed by atoms with Gasteiger partial charge in [0, 0.05) is 19.0 Å². The van der Waals surface area contributed by atoms with E-state index in [0.29, 0.717) is 31.9 Å². The molecular formula is C22H23FN4O2. The number of benzene rings is 2. The summed E-state index contributed by atoms with van der Waals surface area (Å²) in [5, 5.41) is 6.77. The van der Waals surface area contributed by atoms with E-state index in [2.05, 4.69) is 10.2 Å². The normalized spacial score (nSPS) is 14.9. The van der Waals surface area contributed by atoms with Crippen molar-refractivity contribution in [2.45, 2.75) is 31.7 Å². The molecule has 1 saturated heterocycles. The first-order valence-electron chi connectivity index (χ1n) is 9.81. The minimum Gasteiger partial charge on any atom is -0.342 e. The number of nitrogens with one attached hydrogen (secondary N) is 1. The van der Waals surface area contributed by atoms with Gasteiger partial charge in [-0.25, -0.2) is 14.3 Å². The van der Waals surface area contributed by atoms with Crippen molar-refractivity contribution in [3.05, 3.63) is 87.9 Å². The van der Waals surface area contributed by atoms with Gasteiger partial charge in [-0.15, -0.1) is 0 Å². The largest absolute Gasteiger partial charge is 0.343 e. The number of piperidine rings is 1. The van der Waals surface area contributed by atoms with Gasteiger partial charge in [-0.1, -0.05) is 42.5 Å². The Hall–Kier alpha value is -3.22. The molecule has 2 aromatic carbocycles. The fourth-order valence-electron chi connectivity index (χ4n) is 3.84. The van der Waals surface area contributed by atoms with E-state index in [1.54, 1.807) is 16.7 Å². The maximum atomic E-state index is 13.1. The number of likely N-dealkylation sites (tertiary alicyclic amines) is 1. The van der Waals surface area contributed by atoms with Gasteiger partial charge in [0.2, 0.25) is 5.91 Å². The summed E-state index contributed by atoms with van der Waals surface area (Å²) in [6, 6.07) is 15.8. The van der Waals surface area contributed by atoms with Crippen molar-refractivity contribution in [1.29, 1.82) is 0 Å². The van der Waals surface area contributed by atoms with Crippen molar-refractivity contribution in [3.8, 4) is 0 Å². The van der Waals surface area contributed by atoms with Crippen molar-refractivity contribution in [1.82, 2.24) is 19.7 Å². The molecular weight excluding hydrogens is 371 g/mol. The van der Waals surface area contributed by atoms with Crippen molar-refractivity contribution in [2.24, 2.45) is 0 Å². The maximum Gasteiger partial charge on any atom is 0.343 e. The number of carbonyl (C=O) groups excluding carboxylic acids is 1. The molecule has 1 aromatic heterocycles. The van der Waals surface area contributed by atoms with Crippen molar-refractivity contribution in [3.63, 3.8) is 0 Å². The lowest BCUT2D eigenvalue weighted by Gasteiger charge is -2.31. The molecule has 0 radical (unpaired) electrons. The van der Waals surface area contributed by atoms with E-state index in [1.165, 1.54) is 12.1 Å². The van der Waals surface area contributed by atoms with E-state index < -0.39 is 0 Å². The van der Waals surface area contributed by atoms with Crippen LogP contribution in [-0.2, 0) is 17.8 Å². The molecule has 0 atom stereocenters. The Balaban J connectivity index is 1.40. The second-order valence-corrected chi connectivity index (χ2v) is 7.42. The number of nitrogens with zero attached hydrogens (tertiary/aromatic N) is 3. The lowest BCUT2D eigenvalue weighted by molar-refractivity contribution is -0.131. The molecule has 7 heteroatoms. The molecule has 6 nitrogen and oxygen atoms in total. The molecule has 1 aliphatic rings. The van der Waals surface area contributed by atoms with Crippen molar-refractivity contribution in [2.75, 3.05) is 13.1 Å². The number of halogens is 1. The zero-order chi connectivity index (χ0) is 20.2. The van der Waals surface area contributed by atoms with Crippen LogP contribution in [0.25, 0.3) is 0 Å². The number of amides is 1. The van der Waals surface area contributed by atoms with E-state index in [4.69, 9.17) is 0 Å². The first-order chi connectivity index (χ1) is 14.1. The monoisotopic (exact) mass is 394 g/mol. The number of aromatic nitrogens is 3. The third-order valence-corrected chi connectivity index (χ3v) is 5.45. The summed E-state index contributed by atoms with van der Waals surface area (Å²) in [5.41, 5.74) is 1.58. The Bertz CT molecular complexity index is 1020. The van der Waals surface area contributed by atoms with E-state index in [9.17, 15) is 14.0 Å². The molecule has 0 spiro atoms. The number of carbonyl (C=O) groups is 1. The number of rotatable bonds is 5. The van der Waals surface area contributed by atoms with Gasteiger partial charge in [-0.3, -0.25) is 9.36 Å².